The highest BCUT2D eigenvalue weighted by Crippen LogP contribution is 2.15. The number of carbonyl (C=O) groups is 1. The van der Waals surface area contributed by atoms with Gasteiger partial charge in [-0.3, -0.25) is 15.1 Å². The van der Waals surface area contributed by atoms with Gasteiger partial charge in [-0.2, -0.15) is 0 Å². The molecule has 2 fully saturated rings. The molecule has 3 N–H and O–H groups in total. The van der Waals surface area contributed by atoms with E-state index in [0.29, 0.717) is 0 Å². The molecule has 15 heavy (non-hydrogen) atoms. The summed E-state index contributed by atoms with van der Waals surface area (Å²) in [6, 6.07) is 0.263. The number of nitrogens with one attached hydrogen (secondary N) is 3. The van der Waals surface area contributed by atoms with E-state index in [2.05, 4.69) is 37.0 Å². The molecule has 0 aromatic heterocycles. The maximum atomic E-state index is 11.5. The second-order valence-electron chi connectivity index (χ2n) is 3.98. The Hall–Kier alpha value is -0.170. The second-order valence-corrected chi connectivity index (χ2v) is 4.97. The van der Waals surface area contributed by atoms with Gasteiger partial charge >= 0.3 is 0 Å². The number of halogens is 1. The standard InChI is InChI=1S/C9H17BrN4O/c10-8-7(6-12-13-9(8)15)14-4-1-2-11-3-5-14/h7-8,11-12H,1-6H2,(H,13,15). The third-order valence-corrected chi connectivity index (χ3v) is 3.98. The zero-order valence-electron chi connectivity index (χ0n) is 8.63. The summed E-state index contributed by atoms with van der Waals surface area (Å²) in [5.74, 6) is 0.0310. The molecule has 1 amide bonds. The van der Waals surface area contributed by atoms with Crippen LogP contribution in [0.5, 0.6) is 0 Å². The first kappa shape index (κ1) is 11.3. The van der Waals surface area contributed by atoms with Crippen LogP contribution in [0, 0.1) is 0 Å². The van der Waals surface area contributed by atoms with E-state index in [1.807, 2.05) is 0 Å². The van der Waals surface area contributed by atoms with Crippen LogP contribution in [0.1, 0.15) is 6.42 Å². The quantitative estimate of drug-likeness (QED) is 0.541. The Morgan fingerprint density at radius 1 is 1.33 bits per heavy atom. The molecule has 0 saturated carbocycles. The zero-order valence-corrected chi connectivity index (χ0v) is 10.2. The Kier molecular flexibility index (Phi) is 3.96. The van der Waals surface area contributed by atoms with Crippen LogP contribution in [0.15, 0.2) is 0 Å². The summed E-state index contributed by atoms with van der Waals surface area (Å²) in [7, 11) is 0. The summed E-state index contributed by atoms with van der Waals surface area (Å²) < 4.78 is 0. The van der Waals surface area contributed by atoms with E-state index < -0.39 is 0 Å². The highest BCUT2D eigenvalue weighted by atomic mass is 79.9. The summed E-state index contributed by atoms with van der Waals surface area (Å²) in [5.41, 5.74) is 5.58. The van der Waals surface area contributed by atoms with Crippen molar-refractivity contribution in [2.24, 2.45) is 0 Å². The van der Waals surface area contributed by atoms with E-state index in [-0.39, 0.29) is 16.8 Å². The largest absolute Gasteiger partial charge is 0.315 e. The Morgan fingerprint density at radius 2 is 2.20 bits per heavy atom. The molecule has 0 aromatic rings. The molecular weight excluding hydrogens is 260 g/mol. The second kappa shape index (κ2) is 5.25. The Bertz CT molecular complexity index is 230. The van der Waals surface area contributed by atoms with Crippen LogP contribution in [0.25, 0.3) is 0 Å². The molecule has 2 aliphatic rings. The lowest BCUT2D eigenvalue weighted by Crippen LogP contribution is -2.62. The number of nitrogens with zero attached hydrogens (tertiary/aromatic N) is 1. The monoisotopic (exact) mass is 276 g/mol. The molecule has 0 aliphatic carbocycles. The highest BCUT2D eigenvalue weighted by Gasteiger charge is 2.33. The third-order valence-electron chi connectivity index (χ3n) is 2.95. The Balaban J connectivity index is 1.97. The van der Waals surface area contributed by atoms with Crippen LogP contribution in [-0.4, -0.2) is 54.4 Å². The van der Waals surface area contributed by atoms with E-state index in [9.17, 15) is 4.79 Å². The molecule has 2 unspecified atom stereocenters. The number of hydrogen-bond acceptors (Lipinski definition) is 4. The lowest BCUT2D eigenvalue weighted by atomic mass is 10.1. The highest BCUT2D eigenvalue weighted by molar-refractivity contribution is 9.10. The SMILES string of the molecule is O=C1NNCC(N2CCCNCC2)C1Br. The summed E-state index contributed by atoms with van der Waals surface area (Å²) >= 11 is 3.47. The number of alkyl halides is 1. The average molecular weight is 277 g/mol. The number of amides is 1. The van der Waals surface area contributed by atoms with Gasteiger partial charge in [-0.1, -0.05) is 15.9 Å². The van der Waals surface area contributed by atoms with Gasteiger partial charge in [0.05, 0.1) is 0 Å². The van der Waals surface area contributed by atoms with Gasteiger partial charge in [0, 0.05) is 25.7 Å². The van der Waals surface area contributed by atoms with Gasteiger partial charge in [-0.15, -0.1) is 0 Å². The lowest BCUT2D eigenvalue weighted by molar-refractivity contribution is -0.124. The fourth-order valence-electron chi connectivity index (χ4n) is 2.10. The van der Waals surface area contributed by atoms with Crippen molar-refractivity contribution in [1.29, 1.82) is 0 Å². The first-order chi connectivity index (χ1) is 7.29. The molecule has 2 rings (SSSR count). The third kappa shape index (κ3) is 2.69. The van der Waals surface area contributed by atoms with Gasteiger partial charge in [0.2, 0.25) is 5.91 Å². The van der Waals surface area contributed by atoms with Gasteiger partial charge in [-0.25, -0.2) is 5.43 Å². The smallest absolute Gasteiger partial charge is 0.249 e. The van der Waals surface area contributed by atoms with E-state index in [1.54, 1.807) is 0 Å². The van der Waals surface area contributed by atoms with Crippen LogP contribution in [0.3, 0.4) is 0 Å². The number of carbonyl (C=O) groups excluding carboxylic acids is 1. The van der Waals surface area contributed by atoms with Crippen molar-refractivity contribution < 1.29 is 4.79 Å². The zero-order chi connectivity index (χ0) is 10.7. The van der Waals surface area contributed by atoms with Crippen molar-refractivity contribution in [3.8, 4) is 0 Å². The van der Waals surface area contributed by atoms with Crippen molar-refractivity contribution in [2.75, 3.05) is 32.7 Å². The molecule has 86 valence electrons. The van der Waals surface area contributed by atoms with Crippen molar-refractivity contribution in [2.45, 2.75) is 17.3 Å². The number of rotatable bonds is 1. The minimum atomic E-state index is -0.100. The molecule has 2 atom stereocenters. The molecule has 2 heterocycles. The molecule has 0 aromatic carbocycles. The normalized spacial score (nSPS) is 34.6. The number of hydrogen-bond donors (Lipinski definition) is 3. The van der Waals surface area contributed by atoms with Gasteiger partial charge in [0.1, 0.15) is 4.83 Å². The molecular formula is C9H17BrN4O. The van der Waals surface area contributed by atoms with Crippen LogP contribution in [-0.2, 0) is 4.79 Å². The van der Waals surface area contributed by atoms with Gasteiger partial charge in [0.25, 0.3) is 0 Å². The van der Waals surface area contributed by atoms with Crippen molar-refractivity contribution in [3.05, 3.63) is 0 Å². The topological polar surface area (TPSA) is 56.4 Å². The van der Waals surface area contributed by atoms with Gasteiger partial charge in [0.15, 0.2) is 0 Å². The molecule has 0 radical (unpaired) electrons. The minimum absolute atomic E-state index is 0.0310. The summed E-state index contributed by atoms with van der Waals surface area (Å²) in [6.07, 6.45) is 1.15. The predicted molar refractivity (Wildman–Crippen MR) is 61.7 cm³/mol. The molecule has 0 spiro atoms. The van der Waals surface area contributed by atoms with E-state index in [1.165, 1.54) is 0 Å². The van der Waals surface area contributed by atoms with E-state index >= 15 is 0 Å². The van der Waals surface area contributed by atoms with E-state index in [4.69, 9.17) is 0 Å². The fraction of sp³-hybridized carbons (Fsp3) is 0.889. The first-order valence-corrected chi connectivity index (χ1v) is 6.32. The average Bonchev–Trinajstić information content (AvgIpc) is 2.50. The van der Waals surface area contributed by atoms with Gasteiger partial charge < -0.3 is 5.32 Å². The van der Waals surface area contributed by atoms with Crippen LogP contribution in [0.2, 0.25) is 0 Å². The summed E-state index contributed by atoms with van der Waals surface area (Å²) in [6.45, 7) is 4.98. The lowest BCUT2D eigenvalue weighted by Gasteiger charge is -2.36. The molecule has 2 aliphatic heterocycles. The minimum Gasteiger partial charge on any atom is -0.315 e. The van der Waals surface area contributed by atoms with Crippen molar-refractivity contribution >= 4 is 21.8 Å². The summed E-state index contributed by atoms with van der Waals surface area (Å²) in [4.78, 5) is 13.8. The van der Waals surface area contributed by atoms with Crippen molar-refractivity contribution in [3.63, 3.8) is 0 Å². The molecule has 0 bridgehead atoms. The number of hydrazine groups is 1. The predicted octanol–water partition coefficient (Wildman–Crippen LogP) is -0.952. The maximum absolute atomic E-state index is 11.5. The fourth-order valence-corrected chi connectivity index (χ4v) is 2.74. The van der Waals surface area contributed by atoms with Crippen LogP contribution < -0.4 is 16.2 Å². The van der Waals surface area contributed by atoms with Gasteiger partial charge in [-0.05, 0) is 19.5 Å². The Labute approximate surface area is 98.1 Å². The molecule has 5 nitrogen and oxygen atoms in total. The van der Waals surface area contributed by atoms with Crippen molar-refractivity contribution in [1.82, 2.24) is 21.1 Å². The summed E-state index contributed by atoms with van der Waals surface area (Å²) in [5, 5.41) is 3.36. The maximum Gasteiger partial charge on any atom is 0.249 e. The molecule has 6 heteroatoms. The first-order valence-electron chi connectivity index (χ1n) is 5.40. The Morgan fingerprint density at radius 3 is 3.07 bits per heavy atom. The molecule has 2 saturated heterocycles. The van der Waals surface area contributed by atoms with E-state index in [0.717, 1.165) is 39.1 Å². The van der Waals surface area contributed by atoms with Crippen LogP contribution in [0.4, 0.5) is 0 Å². The van der Waals surface area contributed by atoms with Crippen LogP contribution >= 0.6 is 15.9 Å².